The Morgan fingerprint density at radius 2 is 0.885 bits per heavy atom. The van der Waals surface area contributed by atoms with Gasteiger partial charge in [-0.2, -0.15) is 0 Å². The number of hydrogen-bond donors (Lipinski definition) is 0. The van der Waals surface area contributed by atoms with E-state index in [1.54, 1.807) is 0 Å². The quantitative estimate of drug-likeness (QED) is 0.161. The maximum absolute atomic E-state index is 6.42. The summed E-state index contributed by atoms with van der Waals surface area (Å²) in [7, 11) is 0. The Balaban J connectivity index is 0.954. The first kappa shape index (κ1) is 34.9. The molecule has 61 heavy (non-hydrogen) atoms. The summed E-state index contributed by atoms with van der Waals surface area (Å²) in [5.41, 5.74) is 15.5. The molecule has 0 amide bonds. The second-order valence-corrected chi connectivity index (χ2v) is 15.7. The van der Waals surface area contributed by atoms with Crippen molar-refractivity contribution in [1.29, 1.82) is 0 Å². The van der Waals surface area contributed by atoms with Crippen LogP contribution in [0.5, 0.6) is 0 Å². The van der Waals surface area contributed by atoms with Crippen LogP contribution in [0.1, 0.15) is 0 Å². The molecule has 3 nitrogen and oxygen atoms in total. The van der Waals surface area contributed by atoms with Gasteiger partial charge < -0.3 is 13.9 Å². The van der Waals surface area contributed by atoms with E-state index in [-0.39, 0.29) is 0 Å². The van der Waals surface area contributed by atoms with Crippen molar-refractivity contribution in [3.8, 4) is 39.1 Å². The smallest absolute Gasteiger partial charge is 0.143 e. The molecule has 286 valence electrons. The van der Waals surface area contributed by atoms with E-state index in [9.17, 15) is 0 Å². The van der Waals surface area contributed by atoms with Crippen molar-refractivity contribution in [3.63, 3.8) is 0 Å². The molecule has 0 spiro atoms. The summed E-state index contributed by atoms with van der Waals surface area (Å²) in [4.78, 5) is 2.34. The summed E-state index contributed by atoms with van der Waals surface area (Å²) in [5, 5.41) is 7.26. The molecular weight excluding hydrogens is 741 g/mol. The fraction of sp³-hybridized carbons (Fsp3) is 0. The van der Waals surface area contributed by atoms with E-state index in [1.807, 2.05) is 12.1 Å². The average Bonchev–Trinajstić information content (AvgIpc) is 3.89. The van der Waals surface area contributed by atoms with Crippen molar-refractivity contribution < 1.29 is 4.42 Å². The highest BCUT2D eigenvalue weighted by molar-refractivity contribution is 6.19. The minimum Gasteiger partial charge on any atom is -0.455 e. The minimum atomic E-state index is 0.905. The van der Waals surface area contributed by atoms with Crippen molar-refractivity contribution in [2.45, 2.75) is 0 Å². The Morgan fingerprint density at radius 1 is 0.344 bits per heavy atom. The van der Waals surface area contributed by atoms with Crippen LogP contribution in [0.15, 0.2) is 235 Å². The highest BCUT2D eigenvalue weighted by Gasteiger charge is 2.18. The number of rotatable bonds is 7. The molecule has 0 N–H and O–H groups in total. The maximum Gasteiger partial charge on any atom is 0.143 e. The largest absolute Gasteiger partial charge is 0.455 e. The molecule has 0 aliphatic heterocycles. The first-order chi connectivity index (χ1) is 30.2. The van der Waals surface area contributed by atoms with Crippen molar-refractivity contribution in [2.24, 2.45) is 0 Å². The lowest BCUT2D eigenvalue weighted by Gasteiger charge is -2.26. The van der Waals surface area contributed by atoms with Gasteiger partial charge >= 0.3 is 0 Å². The summed E-state index contributed by atoms with van der Waals surface area (Å²) in [6, 6.07) is 82.8. The monoisotopic (exact) mass is 778 g/mol. The van der Waals surface area contributed by atoms with Gasteiger partial charge in [0.25, 0.3) is 0 Å². The molecule has 2 heterocycles. The van der Waals surface area contributed by atoms with E-state index < -0.39 is 0 Å². The summed E-state index contributed by atoms with van der Waals surface area (Å²) >= 11 is 0. The van der Waals surface area contributed by atoms with Crippen LogP contribution in [-0.2, 0) is 0 Å². The molecule has 3 heteroatoms. The van der Waals surface area contributed by atoms with Gasteiger partial charge in [0.1, 0.15) is 11.2 Å². The highest BCUT2D eigenvalue weighted by atomic mass is 16.3. The molecule has 12 rings (SSSR count). The van der Waals surface area contributed by atoms with E-state index in [1.165, 1.54) is 49.3 Å². The summed E-state index contributed by atoms with van der Waals surface area (Å²) in [6.07, 6.45) is 0. The van der Waals surface area contributed by atoms with Gasteiger partial charge in [0, 0.05) is 55.2 Å². The lowest BCUT2D eigenvalue weighted by molar-refractivity contribution is 0.670. The molecule has 12 aromatic rings. The normalized spacial score (nSPS) is 11.6. The first-order valence-electron chi connectivity index (χ1n) is 20.8. The van der Waals surface area contributed by atoms with E-state index in [2.05, 4.69) is 228 Å². The Labute approximate surface area is 353 Å². The van der Waals surface area contributed by atoms with Gasteiger partial charge in [0.15, 0.2) is 0 Å². The van der Waals surface area contributed by atoms with E-state index in [0.29, 0.717) is 0 Å². The third-order valence-electron chi connectivity index (χ3n) is 12.2. The van der Waals surface area contributed by atoms with Crippen LogP contribution in [0.4, 0.5) is 17.1 Å². The molecule has 0 atom stereocenters. The molecule has 0 saturated carbocycles. The number of nitrogens with zero attached hydrogens (tertiary/aromatic N) is 2. The van der Waals surface area contributed by atoms with Gasteiger partial charge in [-0.15, -0.1) is 0 Å². The van der Waals surface area contributed by atoms with Crippen molar-refractivity contribution in [1.82, 2.24) is 4.57 Å². The number of anilines is 3. The Kier molecular flexibility index (Phi) is 8.17. The second kappa shape index (κ2) is 14.3. The van der Waals surface area contributed by atoms with Crippen molar-refractivity contribution in [2.75, 3.05) is 4.90 Å². The van der Waals surface area contributed by atoms with Crippen LogP contribution in [0.25, 0.3) is 93.6 Å². The van der Waals surface area contributed by atoms with E-state index in [4.69, 9.17) is 4.42 Å². The van der Waals surface area contributed by atoms with Gasteiger partial charge in [-0.3, -0.25) is 0 Å². The SMILES string of the molecule is c1ccc(-c2ccc(N(c3ccc(-c4ccc5c6ccc7ccccc7c6n(-c6ccccc6)c5c4)cc3)c3ccc(-c4cccc5c4oc4ccccc45)cc3)cc2)cc1. The van der Waals surface area contributed by atoms with Crippen LogP contribution in [0.2, 0.25) is 0 Å². The average molecular weight is 779 g/mol. The topological polar surface area (TPSA) is 21.3 Å². The van der Waals surface area contributed by atoms with Gasteiger partial charge in [0.2, 0.25) is 0 Å². The lowest BCUT2D eigenvalue weighted by atomic mass is 10.0. The first-order valence-corrected chi connectivity index (χ1v) is 20.8. The number of benzene rings is 10. The van der Waals surface area contributed by atoms with Crippen LogP contribution < -0.4 is 4.90 Å². The van der Waals surface area contributed by atoms with Crippen LogP contribution in [0, 0.1) is 0 Å². The number of furan rings is 1. The van der Waals surface area contributed by atoms with Crippen LogP contribution >= 0.6 is 0 Å². The van der Waals surface area contributed by atoms with Crippen molar-refractivity contribution in [3.05, 3.63) is 231 Å². The number of hydrogen-bond acceptors (Lipinski definition) is 2. The summed E-state index contributed by atoms with van der Waals surface area (Å²) in [5.74, 6) is 0. The molecular formula is C58H38N2O. The van der Waals surface area contributed by atoms with Crippen molar-refractivity contribution >= 4 is 71.6 Å². The van der Waals surface area contributed by atoms with Gasteiger partial charge in [-0.1, -0.05) is 170 Å². The standard InChI is InChI=1S/C58H38N2O/c1-3-12-39(13-4-1)40-22-30-46(31-23-40)59(48-34-26-43(27-35-48)50-19-11-20-54-52-18-9-10-21-56(52)61-58(50)54)47-32-24-41(25-33-47)44-29-36-51-53-37-28-42-14-7-8-17-49(42)57(53)60(55(51)38-44)45-15-5-2-6-16-45/h1-38H. The molecule has 2 aromatic heterocycles. The predicted octanol–water partition coefficient (Wildman–Crippen LogP) is 16.3. The lowest BCUT2D eigenvalue weighted by Crippen LogP contribution is -2.09. The number of aromatic nitrogens is 1. The zero-order valence-electron chi connectivity index (χ0n) is 33.2. The van der Waals surface area contributed by atoms with Crippen LogP contribution in [0.3, 0.4) is 0 Å². The molecule has 0 bridgehead atoms. The third kappa shape index (κ3) is 5.90. The molecule has 10 aromatic carbocycles. The van der Waals surface area contributed by atoms with Gasteiger partial charge in [-0.05, 0) is 93.9 Å². The molecule has 0 fully saturated rings. The third-order valence-corrected chi connectivity index (χ3v) is 12.2. The zero-order valence-corrected chi connectivity index (χ0v) is 33.2. The molecule has 0 aliphatic carbocycles. The zero-order chi connectivity index (χ0) is 40.3. The maximum atomic E-state index is 6.42. The highest BCUT2D eigenvalue weighted by Crippen LogP contribution is 2.42. The Bertz CT molecular complexity index is 3550. The fourth-order valence-electron chi connectivity index (χ4n) is 9.25. The minimum absolute atomic E-state index is 0.905. The molecule has 0 radical (unpaired) electrons. The Hall–Kier alpha value is -8.14. The van der Waals surface area contributed by atoms with Gasteiger partial charge in [0.05, 0.1) is 11.0 Å². The Morgan fingerprint density at radius 3 is 1.61 bits per heavy atom. The molecule has 0 saturated heterocycles. The van der Waals surface area contributed by atoms with E-state index >= 15 is 0 Å². The molecule has 0 unspecified atom stereocenters. The predicted molar refractivity (Wildman–Crippen MR) is 257 cm³/mol. The summed E-state index contributed by atoms with van der Waals surface area (Å²) < 4.78 is 8.86. The summed E-state index contributed by atoms with van der Waals surface area (Å²) in [6.45, 7) is 0. The fourth-order valence-corrected chi connectivity index (χ4v) is 9.25. The number of para-hydroxylation sites is 3. The number of fused-ring (bicyclic) bond motifs is 8. The van der Waals surface area contributed by atoms with E-state index in [0.717, 1.165) is 61.4 Å². The molecule has 0 aliphatic rings. The van der Waals surface area contributed by atoms with Crippen LogP contribution in [-0.4, -0.2) is 4.57 Å². The van der Waals surface area contributed by atoms with Gasteiger partial charge in [-0.25, -0.2) is 0 Å². The second-order valence-electron chi connectivity index (χ2n) is 15.7.